The number of nitrogens with one attached hydrogen (secondary N) is 2. The van der Waals surface area contributed by atoms with Crippen LogP contribution in [0.3, 0.4) is 0 Å². The number of hydrogen-bond donors (Lipinski definition) is 3. The zero-order valence-corrected chi connectivity index (χ0v) is 17.5. The van der Waals surface area contributed by atoms with Gasteiger partial charge in [0.05, 0.1) is 24.5 Å². The van der Waals surface area contributed by atoms with Gasteiger partial charge >= 0.3 is 6.03 Å². The van der Waals surface area contributed by atoms with Crippen molar-refractivity contribution in [3.63, 3.8) is 0 Å². The van der Waals surface area contributed by atoms with Gasteiger partial charge in [-0.3, -0.25) is 19.4 Å². The molecule has 1 saturated heterocycles. The van der Waals surface area contributed by atoms with Gasteiger partial charge in [0.25, 0.3) is 5.91 Å². The van der Waals surface area contributed by atoms with Gasteiger partial charge in [0.1, 0.15) is 23.4 Å². The Balaban J connectivity index is 1.81. The van der Waals surface area contributed by atoms with Crippen molar-refractivity contribution >= 4 is 29.4 Å². The van der Waals surface area contributed by atoms with Crippen LogP contribution < -0.4 is 16.4 Å². The van der Waals surface area contributed by atoms with Crippen molar-refractivity contribution in [2.75, 3.05) is 25.5 Å². The summed E-state index contributed by atoms with van der Waals surface area (Å²) in [5.41, 5.74) is 4.89. The molecular formula is C20H21F2N7O4. The number of halogens is 2. The summed E-state index contributed by atoms with van der Waals surface area (Å²) in [6.07, 6.45) is 4.13. The molecule has 33 heavy (non-hydrogen) atoms. The molecule has 5 amide bonds. The number of likely N-dealkylation sites (N-methyl/N-ethyl adjacent to an activating group) is 1. The fourth-order valence-electron chi connectivity index (χ4n) is 3.49. The van der Waals surface area contributed by atoms with E-state index in [0.29, 0.717) is 6.07 Å². The Morgan fingerprint density at radius 3 is 2.64 bits per heavy atom. The number of primary amides is 1. The first-order chi connectivity index (χ1) is 15.7. The Morgan fingerprint density at radius 2 is 2.00 bits per heavy atom. The summed E-state index contributed by atoms with van der Waals surface area (Å²) in [5.74, 6) is -3.78. The highest BCUT2D eigenvalue weighted by Crippen LogP contribution is 2.23. The maximum atomic E-state index is 13.9. The summed E-state index contributed by atoms with van der Waals surface area (Å²) in [6.45, 7) is -0.311. The highest BCUT2D eigenvalue weighted by atomic mass is 19.1. The van der Waals surface area contributed by atoms with Gasteiger partial charge in [-0.25, -0.2) is 18.6 Å². The molecule has 11 nitrogen and oxygen atoms in total. The maximum Gasteiger partial charge on any atom is 0.319 e. The first-order valence-electron chi connectivity index (χ1n) is 9.80. The van der Waals surface area contributed by atoms with Crippen LogP contribution >= 0.6 is 0 Å². The lowest BCUT2D eigenvalue weighted by Gasteiger charge is -2.30. The number of likely N-dealkylation sites (tertiary alicyclic amines) is 1. The van der Waals surface area contributed by atoms with Gasteiger partial charge in [0, 0.05) is 32.1 Å². The monoisotopic (exact) mass is 461 g/mol. The predicted octanol–water partition coefficient (Wildman–Crippen LogP) is 0.103. The Labute approximate surface area is 187 Å². The molecule has 13 heteroatoms. The molecular weight excluding hydrogens is 440 g/mol. The fraction of sp³-hybridized carbons (Fsp3) is 0.300. The molecule has 1 aromatic heterocycles. The summed E-state index contributed by atoms with van der Waals surface area (Å²) in [7, 11) is 1.33. The second-order valence-electron chi connectivity index (χ2n) is 7.31. The van der Waals surface area contributed by atoms with E-state index < -0.39 is 54.0 Å². The second-order valence-corrected chi connectivity index (χ2v) is 7.31. The summed E-state index contributed by atoms with van der Waals surface area (Å²) >= 11 is 0. The smallest absolute Gasteiger partial charge is 0.319 e. The molecule has 2 atom stereocenters. The molecule has 1 aliphatic rings. The molecule has 4 N–H and O–H groups in total. The zero-order valence-electron chi connectivity index (χ0n) is 17.5. The minimum atomic E-state index is -1.19. The second kappa shape index (κ2) is 9.97. The average molecular weight is 461 g/mol. The minimum absolute atomic E-state index is 0.00802. The number of nitrogens with two attached hydrogens (primary N) is 1. The highest BCUT2D eigenvalue weighted by molar-refractivity contribution is 5.98. The fourth-order valence-corrected chi connectivity index (χ4v) is 3.49. The number of urea groups is 1. The van der Waals surface area contributed by atoms with Gasteiger partial charge in [-0.2, -0.15) is 0 Å². The Kier molecular flexibility index (Phi) is 7.10. The average Bonchev–Trinajstić information content (AvgIpc) is 3.18. The summed E-state index contributed by atoms with van der Waals surface area (Å²) in [6, 6.07) is -0.302. The lowest BCUT2D eigenvalue weighted by molar-refractivity contribution is -0.137. The number of nitrogens with zero attached hydrogens (tertiary/aromatic N) is 4. The molecule has 2 aromatic rings. The highest BCUT2D eigenvalue weighted by Gasteiger charge is 2.44. The molecule has 2 heterocycles. The Bertz CT molecular complexity index is 1070. The molecule has 174 valence electrons. The van der Waals surface area contributed by atoms with Gasteiger partial charge in [-0.1, -0.05) is 0 Å². The molecule has 3 rings (SSSR count). The van der Waals surface area contributed by atoms with Crippen molar-refractivity contribution in [3.8, 4) is 0 Å². The summed E-state index contributed by atoms with van der Waals surface area (Å²) in [5, 5.41) is 4.79. The van der Waals surface area contributed by atoms with E-state index in [4.69, 9.17) is 5.73 Å². The van der Waals surface area contributed by atoms with Crippen LogP contribution in [0.5, 0.6) is 0 Å². The minimum Gasteiger partial charge on any atom is -0.368 e. The maximum absolute atomic E-state index is 13.9. The number of rotatable bonds is 6. The number of hydrogen-bond acceptors (Lipinski definition) is 6. The third-order valence-electron chi connectivity index (χ3n) is 4.96. The SMILES string of the molecule is CN(CC(N)=O)C(=O)[C@H]1[C@@H](NC(=O)Nc2ccc(F)cc2F)CCN1C(=O)c1cnccn1. The van der Waals surface area contributed by atoms with E-state index in [1.165, 1.54) is 30.5 Å². The van der Waals surface area contributed by atoms with E-state index in [2.05, 4.69) is 20.6 Å². The largest absolute Gasteiger partial charge is 0.368 e. The number of anilines is 1. The van der Waals surface area contributed by atoms with E-state index in [1.54, 1.807) is 0 Å². The molecule has 0 aliphatic carbocycles. The van der Waals surface area contributed by atoms with Crippen LogP contribution in [0, 0.1) is 11.6 Å². The zero-order chi connectivity index (χ0) is 24.1. The standard InChI is InChI=1S/C20H21F2N7O4/c1-28(10-16(23)30)19(32)17-14(4-7-29(17)18(31)15-9-24-5-6-25-15)27-20(33)26-13-3-2-11(21)8-12(13)22/h2-3,5-6,8-9,14,17H,4,7,10H2,1H3,(H2,23,30)(H2,26,27,33)/t14-,17+/m0/s1. The number of carbonyl (C=O) groups excluding carboxylic acids is 4. The van der Waals surface area contributed by atoms with Gasteiger partial charge in [-0.05, 0) is 18.6 Å². The van der Waals surface area contributed by atoms with Crippen LogP contribution in [0.4, 0.5) is 19.3 Å². The van der Waals surface area contributed by atoms with E-state index >= 15 is 0 Å². The van der Waals surface area contributed by atoms with Crippen LogP contribution in [0.2, 0.25) is 0 Å². The number of aromatic nitrogens is 2. The summed E-state index contributed by atoms with van der Waals surface area (Å²) in [4.78, 5) is 59.8. The van der Waals surface area contributed by atoms with Crippen LogP contribution in [0.25, 0.3) is 0 Å². The van der Waals surface area contributed by atoms with Crippen LogP contribution in [-0.2, 0) is 9.59 Å². The topological polar surface area (TPSA) is 151 Å². The molecule has 0 spiro atoms. The molecule has 0 unspecified atom stereocenters. The van der Waals surface area contributed by atoms with E-state index in [0.717, 1.165) is 17.0 Å². The van der Waals surface area contributed by atoms with Gasteiger partial charge in [0.15, 0.2) is 0 Å². The lowest BCUT2D eigenvalue weighted by Crippen LogP contribution is -2.56. The summed E-state index contributed by atoms with van der Waals surface area (Å²) < 4.78 is 26.9. The Morgan fingerprint density at radius 1 is 1.24 bits per heavy atom. The van der Waals surface area contributed by atoms with E-state index in [1.807, 2.05) is 0 Å². The first-order valence-corrected chi connectivity index (χ1v) is 9.80. The van der Waals surface area contributed by atoms with E-state index in [-0.39, 0.29) is 24.3 Å². The van der Waals surface area contributed by atoms with Crippen molar-refractivity contribution < 1.29 is 28.0 Å². The molecule has 1 aromatic carbocycles. The van der Waals surface area contributed by atoms with Gasteiger partial charge in [-0.15, -0.1) is 0 Å². The van der Waals surface area contributed by atoms with E-state index in [9.17, 15) is 28.0 Å². The third-order valence-corrected chi connectivity index (χ3v) is 4.96. The van der Waals surface area contributed by atoms with Crippen molar-refractivity contribution in [2.45, 2.75) is 18.5 Å². The van der Waals surface area contributed by atoms with Crippen molar-refractivity contribution in [1.29, 1.82) is 0 Å². The number of amides is 5. The number of benzene rings is 1. The van der Waals surface area contributed by atoms with Crippen molar-refractivity contribution in [1.82, 2.24) is 25.1 Å². The number of carbonyl (C=O) groups is 4. The predicted molar refractivity (Wildman–Crippen MR) is 111 cm³/mol. The Hall–Kier alpha value is -4.16. The quantitative estimate of drug-likeness (QED) is 0.555. The van der Waals surface area contributed by atoms with Gasteiger partial charge < -0.3 is 26.2 Å². The van der Waals surface area contributed by atoms with Gasteiger partial charge in [0.2, 0.25) is 11.8 Å². The lowest BCUT2D eigenvalue weighted by atomic mass is 10.1. The first kappa shape index (κ1) is 23.5. The van der Waals surface area contributed by atoms with Crippen LogP contribution in [-0.4, -0.2) is 75.7 Å². The molecule has 0 bridgehead atoms. The molecule has 1 aliphatic heterocycles. The van der Waals surface area contributed by atoms with Crippen molar-refractivity contribution in [2.24, 2.45) is 5.73 Å². The molecule has 0 saturated carbocycles. The van der Waals surface area contributed by atoms with Crippen LogP contribution in [0.1, 0.15) is 16.9 Å². The van der Waals surface area contributed by atoms with Crippen LogP contribution in [0.15, 0.2) is 36.8 Å². The third kappa shape index (κ3) is 5.56. The normalized spacial score (nSPS) is 17.4. The molecule has 0 radical (unpaired) electrons. The molecule has 1 fully saturated rings. The van der Waals surface area contributed by atoms with Crippen molar-refractivity contribution in [3.05, 3.63) is 54.1 Å².